The molecule has 2 aromatic carbocycles. The van der Waals surface area contributed by atoms with E-state index in [4.69, 9.17) is 4.74 Å². The summed E-state index contributed by atoms with van der Waals surface area (Å²) in [7, 11) is -4.09. The molecule has 2 heterocycles. The number of halogens is 2. The summed E-state index contributed by atoms with van der Waals surface area (Å²) >= 11 is 0. The average Bonchev–Trinajstić information content (AvgIpc) is 3.28. The van der Waals surface area contributed by atoms with Gasteiger partial charge in [0.15, 0.2) is 0 Å². The highest BCUT2D eigenvalue weighted by Gasteiger charge is 2.34. The van der Waals surface area contributed by atoms with Crippen LogP contribution in [0.3, 0.4) is 0 Å². The molecule has 0 unspecified atom stereocenters. The minimum Gasteiger partial charge on any atom is -0.394 e. The molecule has 0 bridgehead atoms. The van der Waals surface area contributed by atoms with Crippen molar-refractivity contribution in [3.05, 3.63) is 66.4 Å². The van der Waals surface area contributed by atoms with E-state index in [1.54, 1.807) is 23.0 Å². The summed E-state index contributed by atoms with van der Waals surface area (Å²) in [5.74, 6) is -1.17. The van der Waals surface area contributed by atoms with Crippen molar-refractivity contribution in [3.8, 4) is 11.3 Å². The van der Waals surface area contributed by atoms with Crippen LogP contribution in [0, 0.1) is 11.6 Å². The molecule has 4 rings (SSSR count). The number of aryl methyl sites for hydroxylation is 1. The molecule has 8 nitrogen and oxygen atoms in total. The van der Waals surface area contributed by atoms with Gasteiger partial charge in [-0.1, -0.05) is 17.3 Å². The molecule has 0 saturated carbocycles. The Kier molecular flexibility index (Phi) is 7.13. The third-order valence-electron chi connectivity index (χ3n) is 5.59. The Hall–Kier alpha value is -2.73. The van der Waals surface area contributed by atoms with E-state index in [-0.39, 0.29) is 18.5 Å². The first-order chi connectivity index (χ1) is 15.9. The Labute approximate surface area is 190 Å². The van der Waals surface area contributed by atoms with Crippen LogP contribution in [-0.2, 0) is 21.3 Å². The van der Waals surface area contributed by atoms with E-state index in [1.807, 2.05) is 0 Å². The van der Waals surface area contributed by atoms with Crippen LogP contribution in [0.25, 0.3) is 11.3 Å². The number of hydrogen-bond acceptors (Lipinski definition) is 6. The number of aliphatic hydroxyl groups is 1. The van der Waals surface area contributed by atoms with Crippen molar-refractivity contribution < 1.29 is 27.0 Å². The highest BCUT2D eigenvalue weighted by Crippen LogP contribution is 2.25. The van der Waals surface area contributed by atoms with E-state index in [2.05, 4.69) is 15.0 Å². The zero-order chi connectivity index (χ0) is 23.4. The molecule has 176 valence electrons. The molecule has 0 radical (unpaired) electrons. The number of nitrogens with zero attached hydrogens (tertiary/aromatic N) is 3. The first-order valence-corrected chi connectivity index (χ1v) is 12.0. The van der Waals surface area contributed by atoms with Gasteiger partial charge in [0, 0.05) is 12.1 Å². The molecule has 0 amide bonds. The van der Waals surface area contributed by atoms with E-state index < -0.39 is 32.9 Å². The first kappa shape index (κ1) is 23.4. The third-order valence-corrected chi connectivity index (χ3v) is 7.11. The predicted octanol–water partition coefficient (Wildman–Crippen LogP) is 2.50. The van der Waals surface area contributed by atoms with E-state index in [0.717, 1.165) is 11.6 Å². The quantitative estimate of drug-likeness (QED) is 0.515. The zero-order valence-corrected chi connectivity index (χ0v) is 18.5. The maximum Gasteiger partial charge on any atom is 0.243 e. The number of hydrogen-bond donors (Lipinski definition) is 2. The molecule has 1 aliphatic heterocycles. The summed E-state index contributed by atoms with van der Waals surface area (Å²) < 4.78 is 62.2. The largest absolute Gasteiger partial charge is 0.394 e. The van der Waals surface area contributed by atoms with Crippen LogP contribution in [-0.4, -0.2) is 53.4 Å². The average molecular weight is 479 g/mol. The minimum atomic E-state index is -4.09. The number of rotatable bonds is 8. The lowest BCUT2D eigenvalue weighted by Gasteiger charge is -2.36. The van der Waals surface area contributed by atoms with E-state index >= 15 is 0 Å². The maximum absolute atomic E-state index is 13.9. The standard InChI is InChI=1S/C22H24F2N4O4S/c23-16-7-5-15(6-8-16)20-13-28(27-25-20)12-11-17-9-10-19(21(14-29)32-17)26-33(30,31)22-4-2-1-3-18(22)24/h1-8,13,17,19,21,26,29H,9-12,14H2/t17-,19-,21+/m0/s1. The molecule has 3 aromatic rings. The van der Waals surface area contributed by atoms with Gasteiger partial charge >= 0.3 is 0 Å². The topological polar surface area (TPSA) is 106 Å². The van der Waals surface area contributed by atoms with E-state index in [1.165, 1.54) is 30.3 Å². The van der Waals surface area contributed by atoms with Gasteiger partial charge in [0.25, 0.3) is 0 Å². The van der Waals surface area contributed by atoms with Crippen molar-refractivity contribution in [2.75, 3.05) is 6.61 Å². The molecule has 1 saturated heterocycles. The summed E-state index contributed by atoms with van der Waals surface area (Å²) in [6.45, 7) is 0.127. The van der Waals surface area contributed by atoms with Gasteiger partial charge in [-0.3, -0.25) is 4.68 Å². The molecule has 11 heteroatoms. The van der Waals surface area contributed by atoms with Crippen LogP contribution in [0.1, 0.15) is 19.3 Å². The smallest absolute Gasteiger partial charge is 0.243 e. The number of aromatic nitrogens is 3. The number of nitrogens with one attached hydrogen (secondary N) is 1. The van der Waals surface area contributed by atoms with Gasteiger partial charge < -0.3 is 9.84 Å². The van der Waals surface area contributed by atoms with Crippen LogP contribution < -0.4 is 4.72 Å². The molecule has 33 heavy (non-hydrogen) atoms. The molecule has 0 aliphatic carbocycles. The second kappa shape index (κ2) is 10.0. The molecule has 1 aromatic heterocycles. The summed E-state index contributed by atoms with van der Waals surface area (Å²) in [5, 5.41) is 17.9. The molecular weight excluding hydrogens is 454 g/mol. The number of aliphatic hydroxyl groups excluding tert-OH is 1. The summed E-state index contributed by atoms with van der Waals surface area (Å²) in [5.41, 5.74) is 1.37. The fourth-order valence-corrected chi connectivity index (χ4v) is 5.22. The van der Waals surface area contributed by atoms with Crippen molar-refractivity contribution in [1.29, 1.82) is 0 Å². The lowest BCUT2D eigenvalue weighted by molar-refractivity contribution is -0.0891. The van der Waals surface area contributed by atoms with Crippen molar-refractivity contribution in [2.45, 2.75) is 49.0 Å². The molecule has 0 spiro atoms. The van der Waals surface area contributed by atoms with Crippen molar-refractivity contribution in [1.82, 2.24) is 19.7 Å². The summed E-state index contributed by atoms with van der Waals surface area (Å²) in [6, 6.07) is 10.4. The second-order valence-corrected chi connectivity index (χ2v) is 9.56. The maximum atomic E-state index is 13.9. The van der Waals surface area contributed by atoms with Gasteiger partial charge in [-0.2, -0.15) is 0 Å². The Balaban J connectivity index is 1.34. The molecule has 1 aliphatic rings. The normalized spacial score (nSPS) is 21.2. The van der Waals surface area contributed by atoms with Crippen molar-refractivity contribution in [3.63, 3.8) is 0 Å². The van der Waals surface area contributed by atoms with Gasteiger partial charge in [-0.05, 0) is 55.7 Å². The first-order valence-electron chi connectivity index (χ1n) is 10.5. The van der Waals surface area contributed by atoms with Crippen LogP contribution in [0.4, 0.5) is 8.78 Å². The molecule has 2 N–H and O–H groups in total. The molecular formula is C22H24F2N4O4S. The Morgan fingerprint density at radius 2 is 1.88 bits per heavy atom. The SMILES string of the molecule is O=S(=O)(N[C@H]1CC[C@@H](CCn2cc(-c3ccc(F)cc3)nn2)O[C@@H]1CO)c1ccccc1F. The van der Waals surface area contributed by atoms with Gasteiger partial charge in [-0.15, -0.1) is 5.10 Å². The fraction of sp³-hybridized carbons (Fsp3) is 0.364. The minimum absolute atomic E-state index is 0.213. The van der Waals surface area contributed by atoms with Gasteiger partial charge in [0.2, 0.25) is 10.0 Å². The Morgan fingerprint density at radius 1 is 1.12 bits per heavy atom. The van der Waals surface area contributed by atoms with Gasteiger partial charge in [-0.25, -0.2) is 21.9 Å². The van der Waals surface area contributed by atoms with Crippen LogP contribution in [0.15, 0.2) is 59.6 Å². The number of benzene rings is 2. The summed E-state index contributed by atoms with van der Waals surface area (Å²) in [6.07, 6.45) is 2.36. The van der Waals surface area contributed by atoms with Crippen LogP contribution in [0.5, 0.6) is 0 Å². The number of sulfonamides is 1. The Morgan fingerprint density at radius 3 is 2.61 bits per heavy atom. The fourth-order valence-electron chi connectivity index (χ4n) is 3.84. The lowest BCUT2D eigenvalue weighted by atomic mass is 9.98. The highest BCUT2D eigenvalue weighted by molar-refractivity contribution is 7.89. The predicted molar refractivity (Wildman–Crippen MR) is 116 cm³/mol. The van der Waals surface area contributed by atoms with Crippen molar-refractivity contribution in [2.24, 2.45) is 0 Å². The second-order valence-electron chi connectivity index (χ2n) is 7.88. The highest BCUT2D eigenvalue weighted by atomic mass is 32.2. The Bertz CT molecular complexity index is 1190. The summed E-state index contributed by atoms with van der Waals surface area (Å²) in [4.78, 5) is -0.438. The van der Waals surface area contributed by atoms with E-state index in [0.29, 0.717) is 31.5 Å². The third kappa shape index (κ3) is 5.61. The monoisotopic (exact) mass is 478 g/mol. The van der Waals surface area contributed by atoms with Crippen LogP contribution >= 0.6 is 0 Å². The lowest BCUT2D eigenvalue weighted by Crippen LogP contribution is -2.51. The van der Waals surface area contributed by atoms with Gasteiger partial charge in [0.05, 0.1) is 31.1 Å². The molecule has 3 atom stereocenters. The molecule has 1 fully saturated rings. The van der Waals surface area contributed by atoms with Crippen molar-refractivity contribution >= 4 is 10.0 Å². The number of ether oxygens (including phenoxy) is 1. The zero-order valence-electron chi connectivity index (χ0n) is 17.6. The van der Waals surface area contributed by atoms with E-state index in [9.17, 15) is 22.3 Å². The van der Waals surface area contributed by atoms with Gasteiger partial charge in [0.1, 0.15) is 22.2 Å². The van der Waals surface area contributed by atoms with Crippen LogP contribution in [0.2, 0.25) is 0 Å².